The smallest absolute Gasteiger partial charge is 0.431 e. The number of nitrogens with zero attached hydrogens (tertiary/aromatic N) is 3. The number of fused-ring (bicyclic) bond motifs is 1. The number of hydrogen-bond acceptors (Lipinski definition) is 6. The maximum Gasteiger partial charge on any atom is 0.431 e. The van der Waals surface area contributed by atoms with Gasteiger partial charge >= 0.3 is 17.8 Å². The van der Waals surface area contributed by atoms with Crippen molar-refractivity contribution in [3.63, 3.8) is 0 Å². The fourth-order valence-corrected chi connectivity index (χ4v) is 4.79. The van der Waals surface area contributed by atoms with Gasteiger partial charge in [0.2, 0.25) is 0 Å². The summed E-state index contributed by atoms with van der Waals surface area (Å²) in [7, 11) is 0.945. The summed E-state index contributed by atoms with van der Waals surface area (Å²) in [6.07, 6.45) is -5.91. The number of carbonyl (C=O) groups is 1. The highest BCUT2D eigenvalue weighted by Gasteiger charge is 2.35. The monoisotopic (exact) mass is 553 g/mol. The molecule has 194 valence electrons. The maximum atomic E-state index is 13.2. The van der Waals surface area contributed by atoms with Gasteiger partial charge in [-0.1, -0.05) is 6.07 Å². The van der Waals surface area contributed by atoms with Crippen molar-refractivity contribution in [2.24, 2.45) is 7.05 Å². The first-order valence-corrected chi connectivity index (χ1v) is 12.1. The van der Waals surface area contributed by atoms with Crippen LogP contribution in [0.5, 0.6) is 5.75 Å². The summed E-state index contributed by atoms with van der Waals surface area (Å²) in [5, 5.41) is 9.92. The van der Waals surface area contributed by atoms with Crippen molar-refractivity contribution in [3.8, 4) is 22.7 Å². The zero-order valence-electron chi connectivity index (χ0n) is 19.4. The van der Waals surface area contributed by atoms with Gasteiger partial charge in [-0.05, 0) is 54.4 Å². The van der Waals surface area contributed by atoms with E-state index in [1.165, 1.54) is 12.1 Å². The maximum absolute atomic E-state index is 13.2. The molecule has 37 heavy (non-hydrogen) atoms. The molecule has 2 aromatic heterocycles. The highest BCUT2D eigenvalue weighted by Crippen LogP contribution is 2.36. The van der Waals surface area contributed by atoms with Gasteiger partial charge in [-0.2, -0.15) is 17.5 Å². The average molecular weight is 554 g/mol. The lowest BCUT2D eigenvalue weighted by molar-refractivity contribution is -0.145. The Morgan fingerprint density at radius 3 is 2.57 bits per heavy atom. The Hall–Kier alpha value is -3.64. The number of benzene rings is 2. The molecule has 0 aliphatic heterocycles. The van der Waals surface area contributed by atoms with E-state index in [4.69, 9.17) is 16.3 Å². The number of aryl methyl sites for hydroxylation is 1. The third-order valence-corrected chi connectivity index (χ3v) is 6.76. The molecule has 0 fully saturated rings. The summed E-state index contributed by atoms with van der Waals surface area (Å²) in [4.78, 5) is 36.8. The minimum absolute atomic E-state index is 0.0754. The van der Waals surface area contributed by atoms with E-state index in [-0.39, 0.29) is 23.7 Å². The third-order valence-electron chi connectivity index (χ3n) is 5.71. The van der Waals surface area contributed by atoms with Crippen LogP contribution in [0.2, 0.25) is 0 Å². The van der Waals surface area contributed by atoms with Crippen LogP contribution in [0.15, 0.2) is 52.1 Å². The van der Waals surface area contributed by atoms with Crippen molar-refractivity contribution in [2.75, 3.05) is 5.88 Å². The van der Waals surface area contributed by atoms with Gasteiger partial charge in [0.15, 0.2) is 6.10 Å². The van der Waals surface area contributed by atoms with Crippen LogP contribution in [-0.2, 0) is 18.0 Å². The first kappa shape index (κ1) is 26.4. The zero-order chi connectivity index (χ0) is 27.1. The first-order chi connectivity index (χ1) is 17.4. The first-order valence-electron chi connectivity index (χ1n) is 10.8. The Kier molecular flexibility index (Phi) is 7.16. The summed E-state index contributed by atoms with van der Waals surface area (Å²) in [5.74, 6) is -0.781. The molecule has 1 unspecified atom stereocenters. The van der Waals surface area contributed by atoms with Gasteiger partial charge in [-0.25, -0.2) is 14.2 Å². The molecular weight excluding hydrogens is 535 g/mol. The van der Waals surface area contributed by atoms with Crippen molar-refractivity contribution in [2.45, 2.75) is 25.6 Å². The Morgan fingerprint density at radius 2 is 1.92 bits per heavy atom. The van der Waals surface area contributed by atoms with Gasteiger partial charge in [-0.3, -0.25) is 9.36 Å². The summed E-state index contributed by atoms with van der Waals surface area (Å²) >= 11 is 6.83. The topological polar surface area (TPSA) is 103 Å². The van der Waals surface area contributed by atoms with Crippen LogP contribution in [0.3, 0.4) is 0 Å². The summed E-state index contributed by atoms with van der Waals surface area (Å²) in [5.41, 5.74) is -1.66. The van der Waals surface area contributed by atoms with E-state index >= 15 is 0 Å². The standard InChI is InChI=1S/C24H19ClF3N3O5S/c1-12-3-5-14(36-17(7-8-25)22(33)34)10-15(12)21-16-9-13(4-6-18(16)37-29-21)31-20(32)11-19(24(26,27)28)30(2)23(31)35/h3-6,9-11,17H,7-8H2,1-2H3,(H,33,34). The molecule has 1 N–H and O–H groups in total. The second-order valence-corrected chi connectivity index (χ2v) is 9.34. The fourth-order valence-electron chi connectivity index (χ4n) is 3.82. The van der Waals surface area contributed by atoms with Crippen LogP contribution in [0.25, 0.3) is 27.0 Å². The third kappa shape index (κ3) is 5.12. The predicted molar refractivity (Wildman–Crippen MR) is 133 cm³/mol. The second kappa shape index (κ2) is 10.0. The quantitative estimate of drug-likeness (QED) is 0.336. The molecule has 4 rings (SSSR count). The number of carboxylic acids is 1. The van der Waals surface area contributed by atoms with Crippen molar-refractivity contribution < 1.29 is 27.8 Å². The van der Waals surface area contributed by atoms with Gasteiger partial charge in [0.1, 0.15) is 11.4 Å². The van der Waals surface area contributed by atoms with Crippen molar-refractivity contribution in [1.82, 2.24) is 13.5 Å². The van der Waals surface area contributed by atoms with Crippen LogP contribution >= 0.6 is 23.1 Å². The van der Waals surface area contributed by atoms with E-state index in [0.717, 1.165) is 24.1 Å². The molecule has 8 nitrogen and oxygen atoms in total. The number of ether oxygens (including phenoxy) is 1. The molecule has 0 radical (unpaired) electrons. The van der Waals surface area contributed by atoms with Crippen molar-refractivity contribution >= 4 is 39.2 Å². The molecule has 2 heterocycles. The Bertz CT molecular complexity index is 1630. The molecule has 2 aromatic carbocycles. The molecule has 0 amide bonds. The molecule has 1 atom stereocenters. The lowest BCUT2D eigenvalue weighted by atomic mass is 10.0. The van der Waals surface area contributed by atoms with Crippen LogP contribution in [0.4, 0.5) is 13.2 Å². The SMILES string of the molecule is Cc1ccc(OC(CCCl)C(=O)O)cc1-c1nsc2ccc(-n3c(=O)cc(C(F)(F)F)n(C)c3=O)cc12. The number of aliphatic carboxylic acids is 1. The summed E-state index contributed by atoms with van der Waals surface area (Å²) in [6.45, 7) is 1.82. The molecule has 0 saturated heterocycles. The van der Waals surface area contributed by atoms with Crippen LogP contribution in [0, 0.1) is 6.92 Å². The van der Waals surface area contributed by atoms with Crippen LogP contribution in [-0.4, -0.2) is 36.6 Å². The van der Waals surface area contributed by atoms with Crippen molar-refractivity contribution in [3.05, 3.63) is 74.6 Å². The normalized spacial score (nSPS) is 12.6. The van der Waals surface area contributed by atoms with E-state index in [0.29, 0.717) is 36.5 Å². The highest BCUT2D eigenvalue weighted by molar-refractivity contribution is 7.13. The average Bonchev–Trinajstić information content (AvgIpc) is 3.24. The minimum atomic E-state index is -4.87. The van der Waals surface area contributed by atoms with E-state index in [1.54, 1.807) is 24.3 Å². The molecule has 0 bridgehead atoms. The Balaban J connectivity index is 1.83. The summed E-state index contributed by atoms with van der Waals surface area (Å²) < 4.78 is 51.5. The molecule has 13 heteroatoms. The lowest BCUT2D eigenvalue weighted by Gasteiger charge is -2.15. The van der Waals surface area contributed by atoms with Crippen molar-refractivity contribution in [1.29, 1.82) is 0 Å². The van der Waals surface area contributed by atoms with E-state index in [1.807, 2.05) is 6.92 Å². The number of aromatic nitrogens is 3. The lowest BCUT2D eigenvalue weighted by Crippen LogP contribution is -2.40. The number of hydrogen-bond donors (Lipinski definition) is 1. The minimum Gasteiger partial charge on any atom is -0.479 e. The van der Waals surface area contributed by atoms with Crippen LogP contribution in [0.1, 0.15) is 17.7 Å². The van der Waals surface area contributed by atoms with Gasteiger partial charge in [-0.15, -0.1) is 11.6 Å². The molecule has 0 aliphatic rings. The van der Waals surface area contributed by atoms with Gasteiger partial charge in [0, 0.05) is 36.4 Å². The second-order valence-electron chi connectivity index (χ2n) is 8.15. The Morgan fingerprint density at radius 1 is 1.19 bits per heavy atom. The van der Waals surface area contributed by atoms with Gasteiger partial charge < -0.3 is 9.84 Å². The predicted octanol–water partition coefficient (Wildman–Crippen LogP) is 4.60. The fraction of sp³-hybridized carbons (Fsp3) is 0.250. The number of alkyl halides is 4. The molecule has 0 saturated carbocycles. The van der Waals surface area contributed by atoms with Crippen LogP contribution < -0.4 is 16.0 Å². The van der Waals surface area contributed by atoms with E-state index < -0.39 is 35.2 Å². The molecule has 0 spiro atoms. The number of rotatable bonds is 7. The molecule has 0 aliphatic carbocycles. The number of carboxylic acid groups (broad SMARTS) is 1. The summed E-state index contributed by atoms with van der Waals surface area (Å²) in [6, 6.07) is 9.93. The van der Waals surface area contributed by atoms with Gasteiger partial charge in [0.05, 0.1) is 16.1 Å². The zero-order valence-corrected chi connectivity index (χ0v) is 20.9. The number of halogens is 4. The Labute approximate surface area is 216 Å². The van der Waals surface area contributed by atoms with E-state index in [9.17, 15) is 32.7 Å². The largest absolute Gasteiger partial charge is 0.479 e. The van der Waals surface area contributed by atoms with E-state index in [2.05, 4.69) is 4.37 Å². The highest BCUT2D eigenvalue weighted by atomic mass is 35.5. The molecule has 4 aromatic rings. The molecular formula is C24H19ClF3N3O5S. The van der Waals surface area contributed by atoms with Gasteiger partial charge in [0.25, 0.3) is 5.56 Å².